The molecule has 3 aromatic rings. The van der Waals surface area contributed by atoms with E-state index in [1.165, 1.54) is 0 Å². The van der Waals surface area contributed by atoms with E-state index >= 15 is 0 Å². The molecule has 1 heterocycles. The first kappa shape index (κ1) is 22.6. The number of hydrogen-bond donors (Lipinski definition) is 1. The lowest BCUT2D eigenvalue weighted by molar-refractivity contribution is -0.124. The minimum Gasteiger partial charge on any atom is -0.349 e. The Morgan fingerprint density at radius 3 is 2.45 bits per heavy atom. The molecule has 0 radical (unpaired) electrons. The predicted molar refractivity (Wildman–Crippen MR) is 124 cm³/mol. The van der Waals surface area contributed by atoms with Gasteiger partial charge < -0.3 is 5.32 Å². The van der Waals surface area contributed by atoms with Gasteiger partial charge in [0.2, 0.25) is 5.91 Å². The molecule has 7 heteroatoms. The maximum absolute atomic E-state index is 13.7. The average molecular weight is 437 g/mol. The Labute approximate surface area is 187 Å². The van der Waals surface area contributed by atoms with Crippen molar-refractivity contribution in [2.75, 3.05) is 4.90 Å². The Hall–Kier alpha value is -3.06. The number of carbonyl (C=O) groups excluding carboxylic acids is 2. The van der Waals surface area contributed by atoms with Crippen LogP contribution in [0, 0.1) is 13.8 Å². The van der Waals surface area contributed by atoms with Gasteiger partial charge in [0.25, 0.3) is 5.91 Å². The van der Waals surface area contributed by atoms with E-state index in [0.29, 0.717) is 5.69 Å². The molecule has 2 amide bonds. The molecule has 162 valence electrons. The average Bonchev–Trinajstić information content (AvgIpc) is 3.28. The van der Waals surface area contributed by atoms with Crippen molar-refractivity contribution >= 4 is 29.0 Å². The fourth-order valence-corrected chi connectivity index (χ4v) is 3.70. The Morgan fingerprint density at radius 1 is 1.13 bits per heavy atom. The van der Waals surface area contributed by atoms with E-state index < -0.39 is 11.6 Å². The van der Waals surface area contributed by atoms with Crippen LogP contribution in [-0.4, -0.2) is 26.9 Å². The molecule has 2 aromatic carbocycles. The quantitative estimate of drug-likeness (QED) is 0.575. The van der Waals surface area contributed by atoms with E-state index in [4.69, 9.17) is 0 Å². The maximum atomic E-state index is 13.7. The molecule has 0 fully saturated rings. The largest absolute Gasteiger partial charge is 0.349 e. The van der Waals surface area contributed by atoms with Crippen LogP contribution in [0.1, 0.15) is 60.4 Å². The maximum Gasteiger partial charge on any atom is 0.280 e. The normalized spacial score (nSPS) is 12.3. The summed E-state index contributed by atoms with van der Waals surface area (Å²) < 4.78 is 3.85. The van der Waals surface area contributed by atoms with Crippen LogP contribution in [0.3, 0.4) is 0 Å². The second-order valence-corrected chi connectivity index (χ2v) is 8.90. The number of nitrogens with one attached hydrogen (secondary N) is 1. The summed E-state index contributed by atoms with van der Waals surface area (Å²) in [5, 5.41) is 8.72. The Kier molecular flexibility index (Phi) is 6.85. The Morgan fingerprint density at radius 2 is 1.84 bits per heavy atom. The molecule has 0 aliphatic carbocycles. The van der Waals surface area contributed by atoms with Crippen LogP contribution < -0.4 is 10.2 Å². The highest BCUT2D eigenvalue weighted by Gasteiger charge is 2.36. The molecule has 0 aliphatic heterocycles. The number of hydrogen-bond acceptors (Lipinski definition) is 5. The van der Waals surface area contributed by atoms with Crippen LogP contribution in [0.2, 0.25) is 0 Å². The molecule has 0 saturated heterocycles. The Bertz CT molecular complexity index is 1050. The number of anilines is 1. The third-order valence-electron chi connectivity index (χ3n) is 5.39. The summed E-state index contributed by atoms with van der Waals surface area (Å²) in [5.74, 6) is -0.601. The summed E-state index contributed by atoms with van der Waals surface area (Å²) in [6.07, 6.45) is 0.758. The van der Waals surface area contributed by atoms with Crippen molar-refractivity contribution in [3.05, 3.63) is 76.3 Å². The molecule has 0 unspecified atom stereocenters. The van der Waals surface area contributed by atoms with Gasteiger partial charge >= 0.3 is 0 Å². The molecule has 3 rings (SSSR count). The van der Waals surface area contributed by atoms with Crippen LogP contribution in [0.5, 0.6) is 0 Å². The van der Waals surface area contributed by atoms with Crippen molar-refractivity contribution in [3.63, 3.8) is 0 Å². The summed E-state index contributed by atoms with van der Waals surface area (Å²) in [6.45, 7) is 9.87. The van der Waals surface area contributed by atoms with E-state index in [2.05, 4.69) is 14.9 Å². The summed E-state index contributed by atoms with van der Waals surface area (Å²) in [7, 11) is 0. The number of carbonyl (C=O) groups is 2. The number of aryl methyl sites for hydroxylation is 2. The number of aromatic nitrogens is 2. The molecule has 0 spiro atoms. The third-order valence-corrected chi connectivity index (χ3v) is 5.89. The van der Waals surface area contributed by atoms with Gasteiger partial charge in [0.15, 0.2) is 5.69 Å². The predicted octanol–water partition coefficient (Wildman–Crippen LogP) is 4.85. The van der Waals surface area contributed by atoms with Gasteiger partial charge in [0, 0.05) is 16.6 Å². The van der Waals surface area contributed by atoms with E-state index in [0.717, 1.165) is 34.6 Å². The van der Waals surface area contributed by atoms with Gasteiger partial charge in [-0.3, -0.25) is 14.5 Å². The number of amides is 2. The van der Waals surface area contributed by atoms with Crippen LogP contribution in [0.15, 0.2) is 53.9 Å². The fourth-order valence-electron chi connectivity index (χ4n) is 3.27. The van der Waals surface area contributed by atoms with Crippen molar-refractivity contribution in [1.29, 1.82) is 0 Å². The summed E-state index contributed by atoms with van der Waals surface area (Å²) in [6, 6.07) is 14.4. The van der Waals surface area contributed by atoms with Gasteiger partial charge in [-0.1, -0.05) is 53.9 Å². The van der Waals surface area contributed by atoms with Crippen molar-refractivity contribution in [3.8, 4) is 0 Å². The summed E-state index contributed by atoms with van der Waals surface area (Å²) in [5.41, 5.74) is 3.10. The van der Waals surface area contributed by atoms with Crippen LogP contribution >= 0.6 is 11.5 Å². The number of benzene rings is 2. The zero-order valence-electron chi connectivity index (χ0n) is 18.5. The first-order valence-electron chi connectivity index (χ1n) is 10.3. The topological polar surface area (TPSA) is 75.2 Å². The zero-order chi connectivity index (χ0) is 22.6. The van der Waals surface area contributed by atoms with E-state index in [1.54, 1.807) is 10.3 Å². The molecule has 0 aliphatic rings. The highest BCUT2D eigenvalue weighted by atomic mass is 32.1. The van der Waals surface area contributed by atoms with Crippen molar-refractivity contribution in [2.45, 2.75) is 52.6 Å². The van der Waals surface area contributed by atoms with Gasteiger partial charge in [-0.05, 0) is 68.4 Å². The number of nitrogens with zero attached hydrogens (tertiary/aromatic N) is 3. The van der Waals surface area contributed by atoms with Crippen molar-refractivity contribution < 1.29 is 9.59 Å². The molecule has 31 heavy (non-hydrogen) atoms. The minimum absolute atomic E-state index is 0.217. The fraction of sp³-hybridized carbons (Fsp3) is 0.333. The second kappa shape index (κ2) is 9.39. The molecular weight excluding hydrogens is 408 g/mol. The van der Waals surface area contributed by atoms with Crippen LogP contribution in [-0.2, 0) is 4.79 Å². The lowest BCUT2D eigenvalue weighted by atomic mass is 9.97. The monoisotopic (exact) mass is 436 g/mol. The molecule has 0 bridgehead atoms. The standard InChI is InChI=1S/C24H28N4O2S/c1-6-24(4,5)25-22(29)21(18-10-8-7-9-11-18)28(23(30)19-15-31-27-26-19)20-14-16(2)12-13-17(20)3/h7-15,21H,6H2,1-5H3,(H,25,29)/t21-/m0/s1. The highest BCUT2D eigenvalue weighted by Crippen LogP contribution is 2.33. The van der Waals surface area contributed by atoms with E-state index in [1.807, 2.05) is 83.1 Å². The first-order valence-corrected chi connectivity index (χ1v) is 11.1. The van der Waals surface area contributed by atoms with Crippen LogP contribution in [0.25, 0.3) is 0 Å². The third kappa shape index (κ3) is 5.17. The molecule has 1 N–H and O–H groups in total. The van der Waals surface area contributed by atoms with Gasteiger partial charge in [-0.25, -0.2) is 0 Å². The molecule has 6 nitrogen and oxygen atoms in total. The highest BCUT2D eigenvalue weighted by molar-refractivity contribution is 7.03. The lowest BCUT2D eigenvalue weighted by Gasteiger charge is -2.35. The van der Waals surface area contributed by atoms with Crippen molar-refractivity contribution in [2.24, 2.45) is 0 Å². The minimum atomic E-state index is -0.860. The molecular formula is C24H28N4O2S. The van der Waals surface area contributed by atoms with Crippen molar-refractivity contribution in [1.82, 2.24) is 14.9 Å². The van der Waals surface area contributed by atoms with Gasteiger partial charge in [0.05, 0.1) is 0 Å². The molecule has 1 aromatic heterocycles. The van der Waals surface area contributed by atoms with Gasteiger partial charge in [-0.15, -0.1) is 5.10 Å². The zero-order valence-corrected chi connectivity index (χ0v) is 19.4. The van der Waals surface area contributed by atoms with Gasteiger partial charge in [0.1, 0.15) is 6.04 Å². The SMILES string of the molecule is CCC(C)(C)NC(=O)[C@H](c1ccccc1)N(C(=O)c1csnn1)c1cc(C)ccc1C. The van der Waals surface area contributed by atoms with E-state index in [9.17, 15) is 9.59 Å². The van der Waals surface area contributed by atoms with E-state index in [-0.39, 0.29) is 17.5 Å². The summed E-state index contributed by atoms with van der Waals surface area (Å²) in [4.78, 5) is 28.9. The Balaban J connectivity index is 2.20. The first-order chi connectivity index (χ1) is 14.7. The summed E-state index contributed by atoms with van der Waals surface area (Å²) >= 11 is 1.11. The molecule has 0 saturated carbocycles. The second-order valence-electron chi connectivity index (χ2n) is 8.30. The molecule has 1 atom stereocenters. The van der Waals surface area contributed by atoms with Crippen LogP contribution in [0.4, 0.5) is 5.69 Å². The van der Waals surface area contributed by atoms with Gasteiger partial charge in [-0.2, -0.15) is 0 Å². The number of rotatable bonds is 7. The lowest BCUT2D eigenvalue weighted by Crippen LogP contribution is -2.50. The smallest absolute Gasteiger partial charge is 0.280 e.